The van der Waals surface area contributed by atoms with E-state index in [1.54, 1.807) is 7.11 Å². The number of ether oxygens (including phenoxy) is 1. The molecule has 1 fully saturated rings. The van der Waals surface area contributed by atoms with E-state index < -0.39 is 0 Å². The minimum atomic E-state index is -0.0623. The molecule has 0 aliphatic heterocycles. The van der Waals surface area contributed by atoms with E-state index in [0.29, 0.717) is 19.7 Å². The molecule has 0 unspecified atom stereocenters. The van der Waals surface area contributed by atoms with Crippen molar-refractivity contribution >= 4 is 29.9 Å². The van der Waals surface area contributed by atoms with Gasteiger partial charge in [-0.2, -0.15) is 0 Å². The lowest BCUT2D eigenvalue weighted by molar-refractivity contribution is -0.121. The largest absolute Gasteiger partial charge is 0.383 e. The van der Waals surface area contributed by atoms with E-state index in [9.17, 15) is 9.59 Å². The fourth-order valence-corrected chi connectivity index (χ4v) is 3.01. The van der Waals surface area contributed by atoms with Gasteiger partial charge in [-0.3, -0.25) is 9.59 Å². The molecule has 1 aromatic rings. The minimum Gasteiger partial charge on any atom is -0.383 e. The molecule has 1 saturated carbocycles. The first-order valence-corrected chi connectivity index (χ1v) is 9.05. The summed E-state index contributed by atoms with van der Waals surface area (Å²) in [5.41, 5.74) is 1.76. The molecule has 6 nitrogen and oxygen atoms in total. The zero-order valence-corrected chi connectivity index (χ0v) is 16.2. The standard InChI is InChI=1S/C19H29N3O3.ClH/c1-25-11-10-20-14-18(23)21-13-15-6-5-9-17(12-15)22-19(24)16-7-3-2-4-8-16;/h5-6,9,12,16,20H,2-4,7-8,10-11,13-14H2,1H3,(H,21,23)(H,22,24);1H. The first kappa shape index (κ1) is 22.4. The highest BCUT2D eigenvalue weighted by molar-refractivity contribution is 5.92. The summed E-state index contributed by atoms with van der Waals surface area (Å²) in [6.45, 7) is 1.93. The summed E-state index contributed by atoms with van der Waals surface area (Å²) < 4.78 is 4.91. The monoisotopic (exact) mass is 383 g/mol. The number of carbonyl (C=O) groups excluding carboxylic acids is 2. The Morgan fingerprint density at radius 1 is 1.19 bits per heavy atom. The molecular formula is C19H30ClN3O3. The van der Waals surface area contributed by atoms with Crippen LogP contribution in [0, 0.1) is 5.92 Å². The third-order valence-corrected chi connectivity index (χ3v) is 4.43. The molecule has 0 heterocycles. The van der Waals surface area contributed by atoms with Crippen molar-refractivity contribution in [2.75, 3.05) is 32.1 Å². The van der Waals surface area contributed by atoms with E-state index in [1.165, 1.54) is 6.42 Å². The van der Waals surface area contributed by atoms with Crippen LogP contribution in [0.1, 0.15) is 37.7 Å². The van der Waals surface area contributed by atoms with Crippen LogP contribution in [-0.4, -0.2) is 38.6 Å². The highest BCUT2D eigenvalue weighted by atomic mass is 35.5. The Balaban J connectivity index is 0.00000338. The second kappa shape index (κ2) is 12.7. The summed E-state index contributed by atoms with van der Waals surface area (Å²) in [6, 6.07) is 7.64. The Labute approximate surface area is 161 Å². The molecule has 1 aliphatic rings. The average molecular weight is 384 g/mol. The van der Waals surface area contributed by atoms with Crippen molar-refractivity contribution in [1.82, 2.24) is 10.6 Å². The Bertz CT molecular complexity index is 563. The molecule has 7 heteroatoms. The second-order valence-electron chi connectivity index (χ2n) is 6.47. The van der Waals surface area contributed by atoms with Gasteiger partial charge in [0.05, 0.1) is 13.2 Å². The van der Waals surface area contributed by atoms with Gasteiger partial charge < -0.3 is 20.7 Å². The molecule has 0 spiro atoms. The normalized spacial score (nSPS) is 14.3. The van der Waals surface area contributed by atoms with Gasteiger partial charge in [0, 0.05) is 31.8 Å². The first-order valence-electron chi connectivity index (χ1n) is 9.05. The van der Waals surface area contributed by atoms with Crippen molar-refractivity contribution in [2.24, 2.45) is 5.92 Å². The molecule has 0 atom stereocenters. The molecule has 1 aliphatic carbocycles. The quantitative estimate of drug-likeness (QED) is 0.572. The molecule has 3 N–H and O–H groups in total. The van der Waals surface area contributed by atoms with E-state index in [-0.39, 0.29) is 36.7 Å². The topological polar surface area (TPSA) is 79.5 Å². The average Bonchev–Trinajstić information content (AvgIpc) is 2.64. The molecule has 146 valence electrons. The van der Waals surface area contributed by atoms with Crippen LogP contribution in [0.3, 0.4) is 0 Å². The Morgan fingerprint density at radius 3 is 2.69 bits per heavy atom. The summed E-state index contributed by atoms with van der Waals surface area (Å²) in [7, 11) is 1.63. The van der Waals surface area contributed by atoms with Gasteiger partial charge in [-0.15, -0.1) is 12.4 Å². The van der Waals surface area contributed by atoms with Crippen LogP contribution in [0.25, 0.3) is 0 Å². The van der Waals surface area contributed by atoms with Gasteiger partial charge in [-0.1, -0.05) is 31.4 Å². The van der Waals surface area contributed by atoms with E-state index in [4.69, 9.17) is 4.74 Å². The van der Waals surface area contributed by atoms with E-state index >= 15 is 0 Å². The van der Waals surface area contributed by atoms with Crippen LogP contribution in [-0.2, 0) is 20.9 Å². The summed E-state index contributed by atoms with van der Waals surface area (Å²) in [5, 5.41) is 8.88. The lowest BCUT2D eigenvalue weighted by Crippen LogP contribution is -2.34. The molecular weight excluding hydrogens is 354 g/mol. The predicted molar refractivity (Wildman–Crippen MR) is 105 cm³/mol. The fourth-order valence-electron chi connectivity index (χ4n) is 3.01. The molecule has 1 aromatic carbocycles. The van der Waals surface area contributed by atoms with Crippen LogP contribution in [0.5, 0.6) is 0 Å². The van der Waals surface area contributed by atoms with Crippen LogP contribution in [0.2, 0.25) is 0 Å². The van der Waals surface area contributed by atoms with Gasteiger partial charge in [0.25, 0.3) is 0 Å². The molecule has 2 amide bonds. The van der Waals surface area contributed by atoms with Crippen LogP contribution in [0.15, 0.2) is 24.3 Å². The number of anilines is 1. The minimum absolute atomic E-state index is 0. The number of hydrogen-bond donors (Lipinski definition) is 3. The summed E-state index contributed by atoms with van der Waals surface area (Å²) >= 11 is 0. The highest BCUT2D eigenvalue weighted by Gasteiger charge is 2.20. The number of carbonyl (C=O) groups is 2. The summed E-state index contributed by atoms with van der Waals surface area (Å²) in [5.74, 6) is 0.186. The van der Waals surface area contributed by atoms with Gasteiger partial charge in [-0.25, -0.2) is 0 Å². The molecule has 0 saturated heterocycles. The summed E-state index contributed by atoms with van der Waals surface area (Å²) in [4.78, 5) is 24.1. The lowest BCUT2D eigenvalue weighted by atomic mass is 9.88. The van der Waals surface area contributed by atoms with Crippen molar-refractivity contribution in [1.29, 1.82) is 0 Å². The number of nitrogens with one attached hydrogen (secondary N) is 3. The fraction of sp³-hybridized carbons (Fsp3) is 0.579. The summed E-state index contributed by atoms with van der Waals surface area (Å²) in [6.07, 6.45) is 5.49. The zero-order chi connectivity index (χ0) is 17.9. The second-order valence-corrected chi connectivity index (χ2v) is 6.47. The van der Waals surface area contributed by atoms with Crippen LogP contribution in [0.4, 0.5) is 5.69 Å². The Hall–Kier alpha value is -1.63. The van der Waals surface area contributed by atoms with Gasteiger partial charge >= 0.3 is 0 Å². The smallest absolute Gasteiger partial charge is 0.234 e. The molecule has 2 rings (SSSR count). The maximum absolute atomic E-state index is 12.3. The van der Waals surface area contributed by atoms with Crippen LogP contribution < -0.4 is 16.0 Å². The lowest BCUT2D eigenvalue weighted by Gasteiger charge is -2.20. The SMILES string of the molecule is COCCNCC(=O)NCc1cccc(NC(=O)C2CCCCC2)c1.Cl. The van der Waals surface area contributed by atoms with Crippen molar-refractivity contribution in [3.8, 4) is 0 Å². The number of benzene rings is 1. The number of rotatable bonds is 9. The van der Waals surface area contributed by atoms with Crippen molar-refractivity contribution < 1.29 is 14.3 Å². The van der Waals surface area contributed by atoms with E-state index in [1.807, 2.05) is 24.3 Å². The maximum atomic E-state index is 12.3. The van der Waals surface area contributed by atoms with Gasteiger partial charge in [0.15, 0.2) is 0 Å². The number of methoxy groups -OCH3 is 1. The van der Waals surface area contributed by atoms with E-state index in [0.717, 1.165) is 36.9 Å². The van der Waals surface area contributed by atoms with E-state index in [2.05, 4.69) is 16.0 Å². The molecule has 0 radical (unpaired) electrons. The van der Waals surface area contributed by atoms with Crippen molar-refractivity contribution in [2.45, 2.75) is 38.6 Å². The predicted octanol–water partition coefficient (Wildman–Crippen LogP) is 2.48. The number of hydrogen-bond acceptors (Lipinski definition) is 4. The molecule has 26 heavy (non-hydrogen) atoms. The van der Waals surface area contributed by atoms with Gasteiger partial charge in [0.2, 0.25) is 11.8 Å². The highest BCUT2D eigenvalue weighted by Crippen LogP contribution is 2.25. The Kier molecular flexibility index (Phi) is 10.9. The third kappa shape index (κ3) is 8.17. The zero-order valence-electron chi connectivity index (χ0n) is 15.4. The molecule has 0 aromatic heterocycles. The van der Waals surface area contributed by atoms with Gasteiger partial charge in [-0.05, 0) is 30.5 Å². The van der Waals surface area contributed by atoms with Gasteiger partial charge in [0.1, 0.15) is 0 Å². The van der Waals surface area contributed by atoms with Crippen LogP contribution >= 0.6 is 12.4 Å². The third-order valence-electron chi connectivity index (χ3n) is 4.43. The maximum Gasteiger partial charge on any atom is 0.234 e. The first-order chi connectivity index (χ1) is 12.2. The number of halogens is 1. The molecule has 0 bridgehead atoms. The van der Waals surface area contributed by atoms with Crippen molar-refractivity contribution in [3.63, 3.8) is 0 Å². The Morgan fingerprint density at radius 2 is 1.96 bits per heavy atom. The number of amides is 2. The van der Waals surface area contributed by atoms with Crippen molar-refractivity contribution in [3.05, 3.63) is 29.8 Å².